The van der Waals surface area contributed by atoms with Crippen LogP contribution in [0, 0.1) is 0 Å². The summed E-state index contributed by atoms with van der Waals surface area (Å²) in [6.45, 7) is 1.19. The van der Waals surface area contributed by atoms with Gasteiger partial charge >= 0.3 is 17.1 Å². The van der Waals surface area contributed by atoms with Gasteiger partial charge in [-0.1, -0.05) is 23.7 Å². The molecule has 0 aliphatic carbocycles. The standard InChI is InChI=1S/C15H14ClN3O5/c16-11-3-1-2-4-12(11)19-14(21)17(5-9-7-23-9)13(20)18(15(19)22)6-10-8-24-10/h1-4,9-10H,5-8H2. The van der Waals surface area contributed by atoms with Gasteiger partial charge in [0.05, 0.1) is 49.2 Å². The summed E-state index contributed by atoms with van der Waals surface area (Å²) >= 11 is 6.14. The molecular formula is C15H14ClN3O5. The Balaban J connectivity index is 1.97. The predicted octanol–water partition coefficient (Wildman–Crippen LogP) is -0.388. The van der Waals surface area contributed by atoms with Crippen LogP contribution in [0.3, 0.4) is 0 Å². The summed E-state index contributed by atoms with van der Waals surface area (Å²) in [5.41, 5.74) is -1.85. The van der Waals surface area contributed by atoms with E-state index in [9.17, 15) is 14.4 Å². The first-order chi connectivity index (χ1) is 11.6. The first-order valence-electron chi connectivity index (χ1n) is 7.51. The van der Waals surface area contributed by atoms with Crippen LogP contribution in [0.4, 0.5) is 0 Å². The molecule has 1 aromatic carbocycles. The SMILES string of the molecule is O=c1n(CC2CO2)c(=O)n(-c2ccccc2Cl)c(=O)n1CC1CO1. The number of benzene rings is 1. The summed E-state index contributed by atoms with van der Waals surface area (Å²) in [4.78, 5) is 38.1. The second-order valence-corrected chi connectivity index (χ2v) is 6.17. The second kappa shape index (κ2) is 5.73. The second-order valence-electron chi connectivity index (χ2n) is 5.77. The third-order valence-electron chi connectivity index (χ3n) is 3.98. The fourth-order valence-electron chi connectivity index (χ4n) is 2.54. The lowest BCUT2D eigenvalue weighted by Crippen LogP contribution is -2.55. The van der Waals surface area contributed by atoms with E-state index in [1.807, 2.05) is 0 Å². The molecule has 0 N–H and O–H groups in total. The zero-order chi connectivity index (χ0) is 16.8. The molecule has 2 atom stereocenters. The smallest absolute Gasteiger partial charge is 0.341 e. The summed E-state index contributed by atoms with van der Waals surface area (Å²) in [5, 5.41) is 0.249. The lowest BCUT2D eigenvalue weighted by Gasteiger charge is -2.13. The van der Waals surface area contributed by atoms with Gasteiger partial charge in [-0.3, -0.25) is 0 Å². The molecule has 24 heavy (non-hydrogen) atoms. The Morgan fingerprint density at radius 3 is 1.88 bits per heavy atom. The number of ether oxygens (including phenoxy) is 2. The van der Waals surface area contributed by atoms with Crippen LogP contribution >= 0.6 is 11.6 Å². The fourth-order valence-corrected chi connectivity index (χ4v) is 2.76. The molecule has 126 valence electrons. The first-order valence-corrected chi connectivity index (χ1v) is 7.89. The van der Waals surface area contributed by atoms with Crippen molar-refractivity contribution in [1.29, 1.82) is 0 Å². The van der Waals surface area contributed by atoms with Gasteiger partial charge in [-0.25, -0.2) is 28.1 Å². The van der Waals surface area contributed by atoms with E-state index >= 15 is 0 Å². The zero-order valence-electron chi connectivity index (χ0n) is 12.6. The topological polar surface area (TPSA) is 91.1 Å². The highest BCUT2D eigenvalue weighted by atomic mass is 35.5. The molecule has 2 saturated heterocycles. The summed E-state index contributed by atoms with van der Waals surface area (Å²) in [7, 11) is 0. The van der Waals surface area contributed by atoms with Crippen molar-refractivity contribution < 1.29 is 9.47 Å². The lowest BCUT2D eigenvalue weighted by atomic mass is 10.3. The van der Waals surface area contributed by atoms with Gasteiger partial charge in [0.1, 0.15) is 0 Å². The number of para-hydroxylation sites is 1. The van der Waals surface area contributed by atoms with E-state index in [1.165, 1.54) is 0 Å². The average molecular weight is 352 g/mol. The van der Waals surface area contributed by atoms with E-state index in [0.29, 0.717) is 13.2 Å². The molecule has 2 fully saturated rings. The number of aromatic nitrogens is 3. The summed E-state index contributed by atoms with van der Waals surface area (Å²) in [6.07, 6.45) is -0.364. The predicted molar refractivity (Wildman–Crippen MR) is 85.0 cm³/mol. The maximum atomic E-state index is 12.7. The van der Waals surface area contributed by atoms with Gasteiger partial charge in [-0.2, -0.15) is 0 Å². The van der Waals surface area contributed by atoms with E-state index in [1.54, 1.807) is 24.3 Å². The number of epoxide rings is 2. The normalized spacial score (nSPS) is 21.7. The number of hydrogen-bond acceptors (Lipinski definition) is 5. The Labute approximate surface area is 140 Å². The highest BCUT2D eigenvalue weighted by Crippen LogP contribution is 2.17. The minimum Gasteiger partial charge on any atom is -0.371 e. The Morgan fingerprint density at radius 1 is 0.917 bits per heavy atom. The van der Waals surface area contributed by atoms with Crippen molar-refractivity contribution in [3.05, 3.63) is 60.7 Å². The molecule has 0 spiro atoms. The van der Waals surface area contributed by atoms with Crippen molar-refractivity contribution in [1.82, 2.24) is 13.7 Å². The minimum absolute atomic E-state index is 0.105. The van der Waals surface area contributed by atoms with Gasteiger partial charge in [0.25, 0.3) is 0 Å². The van der Waals surface area contributed by atoms with E-state index in [4.69, 9.17) is 21.1 Å². The molecule has 9 heteroatoms. The molecule has 2 unspecified atom stereocenters. The highest BCUT2D eigenvalue weighted by molar-refractivity contribution is 6.32. The van der Waals surface area contributed by atoms with Gasteiger partial charge in [0.2, 0.25) is 0 Å². The fraction of sp³-hybridized carbons (Fsp3) is 0.400. The highest BCUT2D eigenvalue weighted by Gasteiger charge is 2.30. The van der Waals surface area contributed by atoms with Gasteiger partial charge in [-0.05, 0) is 12.1 Å². The molecule has 0 amide bonds. The lowest BCUT2D eigenvalue weighted by molar-refractivity contribution is 0.348. The number of nitrogens with zero attached hydrogens (tertiary/aromatic N) is 3. The number of rotatable bonds is 5. The third kappa shape index (κ3) is 2.72. The van der Waals surface area contributed by atoms with Gasteiger partial charge < -0.3 is 9.47 Å². The zero-order valence-corrected chi connectivity index (χ0v) is 13.3. The first kappa shape index (κ1) is 15.4. The molecule has 2 aromatic rings. The third-order valence-corrected chi connectivity index (χ3v) is 4.30. The molecule has 1 aromatic heterocycles. The van der Waals surface area contributed by atoms with Crippen molar-refractivity contribution >= 4 is 11.6 Å². The summed E-state index contributed by atoms with van der Waals surface area (Å²) in [5.74, 6) is 0. The molecule has 8 nitrogen and oxygen atoms in total. The van der Waals surface area contributed by atoms with Crippen molar-refractivity contribution in [3.63, 3.8) is 0 Å². The molecule has 0 bridgehead atoms. The van der Waals surface area contributed by atoms with E-state index in [-0.39, 0.29) is 36.0 Å². The van der Waals surface area contributed by atoms with Crippen LogP contribution in [0.5, 0.6) is 0 Å². The quantitative estimate of drug-likeness (QED) is 0.684. The minimum atomic E-state index is -0.721. The molecule has 0 saturated carbocycles. The van der Waals surface area contributed by atoms with Gasteiger partial charge in [-0.15, -0.1) is 0 Å². The molecular weight excluding hydrogens is 338 g/mol. The van der Waals surface area contributed by atoms with Crippen LogP contribution in [0.2, 0.25) is 5.02 Å². The molecule has 4 rings (SSSR count). The summed E-state index contributed by atoms with van der Waals surface area (Å²) in [6, 6.07) is 6.50. The van der Waals surface area contributed by atoms with Crippen LogP contribution in [0.25, 0.3) is 5.69 Å². The number of hydrogen-bond donors (Lipinski definition) is 0. The molecule has 3 heterocycles. The monoisotopic (exact) mass is 351 g/mol. The van der Waals surface area contributed by atoms with Crippen molar-refractivity contribution in [3.8, 4) is 5.69 Å². The van der Waals surface area contributed by atoms with Crippen LogP contribution in [-0.2, 0) is 22.6 Å². The largest absolute Gasteiger partial charge is 0.371 e. The molecule has 2 aliphatic heterocycles. The molecule has 2 aliphatic rings. The Kier molecular flexibility index (Phi) is 3.67. The Morgan fingerprint density at radius 2 is 1.42 bits per heavy atom. The maximum absolute atomic E-state index is 12.7. The Hall–Kier alpha value is -2.16. The molecule has 0 radical (unpaired) electrons. The number of halogens is 1. The van der Waals surface area contributed by atoms with E-state index in [0.717, 1.165) is 13.7 Å². The average Bonchev–Trinajstić information content (AvgIpc) is 3.45. The van der Waals surface area contributed by atoms with Crippen molar-refractivity contribution in [2.24, 2.45) is 0 Å². The van der Waals surface area contributed by atoms with Gasteiger partial charge in [0.15, 0.2) is 0 Å². The van der Waals surface area contributed by atoms with Crippen LogP contribution in [-0.4, -0.2) is 39.1 Å². The van der Waals surface area contributed by atoms with E-state index in [2.05, 4.69) is 0 Å². The Bertz CT molecular complexity index is 916. The van der Waals surface area contributed by atoms with Crippen LogP contribution in [0.15, 0.2) is 38.6 Å². The van der Waals surface area contributed by atoms with Gasteiger partial charge in [0, 0.05) is 0 Å². The maximum Gasteiger partial charge on any atom is 0.341 e. The summed E-state index contributed by atoms with van der Waals surface area (Å²) < 4.78 is 13.2. The van der Waals surface area contributed by atoms with E-state index < -0.39 is 17.1 Å². The van der Waals surface area contributed by atoms with Crippen molar-refractivity contribution in [2.45, 2.75) is 25.3 Å². The van der Waals surface area contributed by atoms with Crippen molar-refractivity contribution in [2.75, 3.05) is 13.2 Å². The van der Waals surface area contributed by atoms with Crippen LogP contribution < -0.4 is 17.1 Å². The van der Waals surface area contributed by atoms with Crippen LogP contribution in [0.1, 0.15) is 0 Å².